The van der Waals surface area contributed by atoms with Gasteiger partial charge in [-0.2, -0.15) is 18.4 Å². The van der Waals surface area contributed by atoms with E-state index >= 15 is 0 Å². The van der Waals surface area contributed by atoms with Crippen LogP contribution in [0.5, 0.6) is 0 Å². The fourth-order valence-electron chi connectivity index (χ4n) is 4.08. The molecule has 3 aromatic rings. The maximum absolute atomic E-state index is 13.5. The molecule has 2 aromatic heterocycles. The van der Waals surface area contributed by atoms with Crippen LogP contribution in [0.25, 0.3) is 0 Å². The lowest BCUT2D eigenvalue weighted by Gasteiger charge is -2.29. The minimum Gasteiger partial charge on any atom is -0.352 e. The van der Waals surface area contributed by atoms with Crippen molar-refractivity contribution in [2.24, 2.45) is 0 Å². The van der Waals surface area contributed by atoms with Crippen molar-refractivity contribution in [2.75, 3.05) is 9.80 Å². The number of carbonyl (C=O) groups is 2. The van der Waals surface area contributed by atoms with Crippen LogP contribution in [0.15, 0.2) is 54.9 Å². The summed E-state index contributed by atoms with van der Waals surface area (Å²) in [6, 6.07) is 12.2. The van der Waals surface area contributed by atoms with Gasteiger partial charge in [0.25, 0.3) is 5.91 Å². The minimum atomic E-state index is -4.86. The summed E-state index contributed by atoms with van der Waals surface area (Å²) in [4.78, 5) is 35.8. The number of hydrogen-bond donors (Lipinski definition) is 1. The molecule has 1 aromatic carbocycles. The van der Waals surface area contributed by atoms with E-state index in [4.69, 9.17) is 29.1 Å². The van der Waals surface area contributed by atoms with Gasteiger partial charge < -0.3 is 10.2 Å². The Morgan fingerprint density at radius 2 is 1.92 bits per heavy atom. The summed E-state index contributed by atoms with van der Waals surface area (Å²) in [5.74, 6) is -0.833. The standard InChI is InChI=1S/C26H20ClF3N6O2S/c1-25(2)23(38)35(18-10-19(26(28,29)30)21(12-31)33-14-18)24(39)36(25)17-7-6-15(20(27)11-17)13-34-22(37)9-16-5-3-4-8-32-16/h3-8,10-11,14H,9,13H2,1-2H3,(H,34,37). The minimum absolute atomic E-state index is 0.0860. The Balaban J connectivity index is 1.57. The molecule has 1 aliphatic rings. The van der Waals surface area contributed by atoms with Gasteiger partial charge in [-0.1, -0.05) is 23.7 Å². The SMILES string of the molecule is CC1(C)C(=O)N(c2cnc(C#N)c(C(F)(F)F)c2)C(=S)N1c1ccc(CNC(=O)Cc2ccccn2)c(Cl)c1. The van der Waals surface area contributed by atoms with Crippen molar-refractivity contribution >= 4 is 52.1 Å². The number of amides is 2. The van der Waals surface area contributed by atoms with E-state index in [1.54, 1.807) is 56.4 Å². The van der Waals surface area contributed by atoms with Crippen molar-refractivity contribution in [3.8, 4) is 6.07 Å². The number of carbonyl (C=O) groups excluding carboxylic acids is 2. The Bertz CT molecular complexity index is 1510. The van der Waals surface area contributed by atoms with Gasteiger partial charge in [0, 0.05) is 29.1 Å². The number of thiocarbonyl (C=S) groups is 1. The molecule has 2 amide bonds. The lowest BCUT2D eigenvalue weighted by molar-refractivity contribution is -0.138. The molecule has 200 valence electrons. The van der Waals surface area contributed by atoms with Gasteiger partial charge in [-0.3, -0.25) is 19.5 Å². The second kappa shape index (κ2) is 10.6. The van der Waals surface area contributed by atoms with Crippen molar-refractivity contribution < 1.29 is 22.8 Å². The highest BCUT2D eigenvalue weighted by Gasteiger charge is 2.51. The molecule has 4 rings (SSSR count). The molecule has 3 heterocycles. The van der Waals surface area contributed by atoms with Crippen LogP contribution in [0.2, 0.25) is 5.02 Å². The molecule has 39 heavy (non-hydrogen) atoms. The molecule has 0 bridgehead atoms. The second-order valence-electron chi connectivity index (χ2n) is 9.07. The highest BCUT2D eigenvalue weighted by molar-refractivity contribution is 7.81. The van der Waals surface area contributed by atoms with Crippen LogP contribution in [0, 0.1) is 11.3 Å². The number of hydrogen-bond acceptors (Lipinski definition) is 6. The van der Waals surface area contributed by atoms with Crippen LogP contribution in [-0.2, 0) is 28.7 Å². The van der Waals surface area contributed by atoms with E-state index in [-0.39, 0.29) is 34.7 Å². The van der Waals surface area contributed by atoms with Gasteiger partial charge in [0.15, 0.2) is 10.8 Å². The molecule has 1 N–H and O–H groups in total. The number of aromatic nitrogens is 2. The summed E-state index contributed by atoms with van der Waals surface area (Å²) in [6.07, 6.45) is -2.15. The zero-order valence-electron chi connectivity index (χ0n) is 20.6. The predicted octanol–water partition coefficient (Wildman–Crippen LogP) is 4.80. The molecule has 0 spiro atoms. The zero-order valence-corrected chi connectivity index (χ0v) is 22.2. The monoisotopic (exact) mass is 572 g/mol. The van der Waals surface area contributed by atoms with E-state index in [1.807, 2.05) is 0 Å². The topological polar surface area (TPSA) is 102 Å². The van der Waals surface area contributed by atoms with E-state index in [0.717, 1.165) is 11.1 Å². The molecule has 0 aliphatic carbocycles. The van der Waals surface area contributed by atoms with Crippen LogP contribution in [-0.4, -0.2) is 32.4 Å². The molecule has 1 fully saturated rings. The Hall–Kier alpha value is -4.08. The number of nitriles is 1. The molecule has 1 aliphatic heterocycles. The second-order valence-corrected chi connectivity index (χ2v) is 9.84. The normalized spacial score (nSPS) is 14.9. The van der Waals surface area contributed by atoms with Crippen LogP contribution in [0.4, 0.5) is 24.5 Å². The van der Waals surface area contributed by atoms with Crippen molar-refractivity contribution in [3.05, 3.63) is 82.4 Å². The fraction of sp³-hybridized carbons (Fsp3) is 0.231. The van der Waals surface area contributed by atoms with Gasteiger partial charge in [-0.05, 0) is 62.0 Å². The van der Waals surface area contributed by atoms with Crippen molar-refractivity contribution in [1.82, 2.24) is 15.3 Å². The number of halogens is 4. The number of rotatable bonds is 6. The molecule has 13 heteroatoms. The van der Waals surface area contributed by atoms with E-state index < -0.39 is 28.9 Å². The first-order chi connectivity index (χ1) is 18.3. The first-order valence-electron chi connectivity index (χ1n) is 11.5. The number of pyridine rings is 2. The fourth-order valence-corrected chi connectivity index (χ4v) is 4.84. The maximum atomic E-state index is 13.5. The number of nitrogens with one attached hydrogen (secondary N) is 1. The highest BCUT2D eigenvalue weighted by Crippen LogP contribution is 2.39. The van der Waals surface area contributed by atoms with Crippen LogP contribution in [0.3, 0.4) is 0 Å². The Kier molecular flexibility index (Phi) is 7.59. The van der Waals surface area contributed by atoms with E-state index in [9.17, 15) is 22.8 Å². The van der Waals surface area contributed by atoms with Crippen LogP contribution in [0.1, 0.15) is 36.4 Å². The third-order valence-corrected chi connectivity index (χ3v) is 6.77. The first-order valence-corrected chi connectivity index (χ1v) is 12.2. The van der Waals surface area contributed by atoms with Crippen molar-refractivity contribution in [3.63, 3.8) is 0 Å². The van der Waals surface area contributed by atoms with Gasteiger partial charge in [0.1, 0.15) is 11.6 Å². The summed E-state index contributed by atoms with van der Waals surface area (Å²) >= 11 is 12.0. The summed E-state index contributed by atoms with van der Waals surface area (Å²) in [5, 5.41) is 12.0. The number of anilines is 2. The maximum Gasteiger partial charge on any atom is 0.419 e. The quantitative estimate of drug-likeness (QED) is 0.424. The lowest BCUT2D eigenvalue weighted by Crippen LogP contribution is -2.44. The zero-order chi connectivity index (χ0) is 28.5. The summed E-state index contributed by atoms with van der Waals surface area (Å²) < 4.78 is 40.5. The number of benzene rings is 1. The summed E-state index contributed by atoms with van der Waals surface area (Å²) in [5.41, 5.74) is -1.94. The number of nitrogens with zero attached hydrogens (tertiary/aromatic N) is 5. The number of alkyl halides is 3. The third-order valence-electron chi connectivity index (χ3n) is 6.05. The molecule has 0 saturated carbocycles. The van der Waals surface area contributed by atoms with Crippen LogP contribution < -0.4 is 15.1 Å². The molecule has 0 radical (unpaired) electrons. The Morgan fingerprint density at radius 3 is 2.54 bits per heavy atom. The molecular formula is C26H20ClF3N6O2S. The van der Waals surface area contributed by atoms with E-state index in [1.165, 1.54) is 11.0 Å². The van der Waals surface area contributed by atoms with Gasteiger partial charge in [-0.25, -0.2) is 4.98 Å². The summed E-state index contributed by atoms with van der Waals surface area (Å²) in [6.45, 7) is 3.28. The molecule has 1 saturated heterocycles. The molecule has 8 nitrogen and oxygen atoms in total. The van der Waals surface area contributed by atoms with Gasteiger partial charge in [0.05, 0.1) is 23.9 Å². The Labute approximate surface area is 232 Å². The van der Waals surface area contributed by atoms with Gasteiger partial charge >= 0.3 is 6.18 Å². The predicted molar refractivity (Wildman–Crippen MR) is 142 cm³/mol. The smallest absolute Gasteiger partial charge is 0.352 e. The molecular weight excluding hydrogens is 553 g/mol. The van der Waals surface area contributed by atoms with E-state index in [0.29, 0.717) is 23.0 Å². The highest BCUT2D eigenvalue weighted by atomic mass is 35.5. The summed E-state index contributed by atoms with van der Waals surface area (Å²) in [7, 11) is 0. The van der Waals surface area contributed by atoms with E-state index in [2.05, 4.69) is 15.3 Å². The van der Waals surface area contributed by atoms with Crippen LogP contribution >= 0.6 is 23.8 Å². The molecule has 0 atom stereocenters. The average molecular weight is 573 g/mol. The van der Waals surface area contributed by atoms with Crippen molar-refractivity contribution in [1.29, 1.82) is 5.26 Å². The lowest BCUT2D eigenvalue weighted by atomic mass is 10.0. The largest absolute Gasteiger partial charge is 0.419 e. The third kappa shape index (κ3) is 5.55. The van der Waals surface area contributed by atoms with Crippen molar-refractivity contribution in [2.45, 2.75) is 38.5 Å². The molecule has 0 unspecified atom stereocenters. The Morgan fingerprint density at radius 1 is 1.18 bits per heavy atom. The van der Waals surface area contributed by atoms with Gasteiger partial charge in [0.2, 0.25) is 5.91 Å². The van der Waals surface area contributed by atoms with Gasteiger partial charge in [-0.15, -0.1) is 0 Å². The average Bonchev–Trinajstić information content (AvgIpc) is 3.06. The first kappa shape index (κ1) is 27.9.